The Balaban J connectivity index is 1.90. The van der Waals surface area contributed by atoms with Crippen LogP contribution < -0.4 is 5.32 Å². The number of aromatic nitrogens is 3. The van der Waals surface area contributed by atoms with Gasteiger partial charge in [-0.1, -0.05) is 13.3 Å². The Labute approximate surface area is 107 Å². The molecule has 100 valence electrons. The fraction of sp³-hybridized carbons (Fsp3) is 0.750. The third-order valence-electron chi connectivity index (χ3n) is 3.30. The molecule has 0 spiro atoms. The first-order chi connectivity index (χ1) is 8.70. The molecule has 0 aromatic carbocycles. The molecular formula is C12H20N4O2. The second-order valence-electron chi connectivity index (χ2n) is 4.76. The smallest absolute Gasteiger partial charge is 0.230 e. The number of nitrogens with zero attached hydrogens (tertiary/aromatic N) is 3. The summed E-state index contributed by atoms with van der Waals surface area (Å²) < 4.78 is 7.34. The van der Waals surface area contributed by atoms with Crippen molar-refractivity contribution in [3.05, 3.63) is 6.33 Å². The monoisotopic (exact) mass is 252 g/mol. The number of carbonyl (C=O) groups is 1. The average Bonchev–Trinajstić information content (AvgIpc) is 2.76. The molecule has 0 aliphatic carbocycles. The van der Waals surface area contributed by atoms with Crippen molar-refractivity contribution >= 4 is 11.9 Å². The van der Waals surface area contributed by atoms with E-state index in [0.717, 1.165) is 25.7 Å². The summed E-state index contributed by atoms with van der Waals surface area (Å²) in [6.07, 6.45) is 5.48. The van der Waals surface area contributed by atoms with Gasteiger partial charge in [0.1, 0.15) is 6.33 Å². The Kier molecular flexibility index (Phi) is 4.30. The molecule has 1 N–H and O–H groups in total. The Morgan fingerprint density at radius 3 is 3.17 bits per heavy atom. The maximum absolute atomic E-state index is 12.1. The van der Waals surface area contributed by atoms with Crippen molar-refractivity contribution in [2.45, 2.75) is 38.7 Å². The summed E-state index contributed by atoms with van der Waals surface area (Å²) in [5.41, 5.74) is 0. The van der Waals surface area contributed by atoms with E-state index in [9.17, 15) is 4.79 Å². The first kappa shape index (κ1) is 13.0. The minimum absolute atomic E-state index is 0.0204. The molecule has 1 saturated heterocycles. The topological polar surface area (TPSA) is 69.0 Å². The molecule has 1 fully saturated rings. The number of nitrogens with one attached hydrogen (secondary N) is 1. The van der Waals surface area contributed by atoms with Crippen LogP contribution in [0.4, 0.5) is 5.95 Å². The molecule has 1 amide bonds. The molecule has 1 aliphatic rings. The molecule has 1 aromatic rings. The van der Waals surface area contributed by atoms with Gasteiger partial charge in [-0.15, -0.1) is 10.2 Å². The largest absolute Gasteiger partial charge is 0.378 e. The molecule has 0 saturated carbocycles. The summed E-state index contributed by atoms with van der Waals surface area (Å²) in [7, 11) is 1.81. The minimum Gasteiger partial charge on any atom is -0.378 e. The van der Waals surface area contributed by atoms with Crippen molar-refractivity contribution in [1.82, 2.24) is 14.8 Å². The highest BCUT2D eigenvalue weighted by Gasteiger charge is 2.28. The first-order valence-electron chi connectivity index (χ1n) is 6.47. The maximum Gasteiger partial charge on any atom is 0.230 e. The molecule has 0 radical (unpaired) electrons. The van der Waals surface area contributed by atoms with Crippen LogP contribution in [0.25, 0.3) is 0 Å². The molecule has 2 heterocycles. The van der Waals surface area contributed by atoms with E-state index >= 15 is 0 Å². The van der Waals surface area contributed by atoms with E-state index < -0.39 is 0 Å². The van der Waals surface area contributed by atoms with Gasteiger partial charge in [-0.3, -0.25) is 10.1 Å². The van der Waals surface area contributed by atoms with E-state index in [4.69, 9.17) is 4.74 Å². The summed E-state index contributed by atoms with van der Waals surface area (Å²) in [5.74, 6) is 0.543. The van der Waals surface area contributed by atoms with E-state index in [2.05, 4.69) is 22.4 Å². The third kappa shape index (κ3) is 3.07. The normalized spacial score (nSPS) is 23.9. The molecule has 6 nitrogen and oxygen atoms in total. The number of carbonyl (C=O) groups excluding carboxylic acids is 1. The van der Waals surface area contributed by atoms with Crippen molar-refractivity contribution in [1.29, 1.82) is 0 Å². The van der Waals surface area contributed by atoms with Crippen LogP contribution in [-0.4, -0.2) is 33.4 Å². The first-order valence-corrected chi connectivity index (χ1v) is 6.47. The van der Waals surface area contributed by atoms with Gasteiger partial charge in [-0.25, -0.2) is 0 Å². The van der Waals surface area contributed by atoms with Gasteiger partial charge in [-0.05, 0) is 19.3 Å². The molecule has 2 unspecified atom stereocenters. The lowest BCUT2D eigenvalue weighted by atomic mass is 9.93. The number of hydrogen-bond acceptors (Lipinski definition) is 4. The minimum atomic E-state index is 0.0204. The highest BCUT2D eigenvalue weighted by Crippen LogP contribution is 2.24. The van der Waals surface area contributed by atoms with Gasteiger partial charge in [-0.2, -0.15) is 0 Å². The maximum atomic E-state index is 12.1. The van der Waals surface area contributed by atoms with E-state index in [1.54, 1.807) is 17.9 Å². The fourth-order valence-electron chi connectivity index (χ4n) is 2.25. The van der Waals surface area contributed by atoms with Gasteiger partial charge in [0.25, 0.3) is 0 Å². The molecule has 18 heavy (non-hydrogen) atoms. The van der Waals surface area contributed by atoms with Gasteiger partial charge in [0, 0.05) is 19.6 Å². The highest BCUT2D eigenvalue weighted by molar-refractivity contribution is 5.91. The van der Waals surface area contributed by atoms with Gasteiger partial charge in [0.2, 0.25) is 11.9 Å². The summed E-state index contributed by atoms with van der Waals surface area (Å²) >= 11 is 0. The Morgan fingerprint density at radius 1 is 1.67 bits per heavy atom. The van der Waals surface area contributed by atoms with Crippen molar-refractivity contribution in [3.63, 3.8) is 0 Å². The van der Waals surface area contributed by atoms with Crippen molar-refractivity contribution in [3.8, 4) is 0 Å². The summed E-state index contributed by atoms with van der Waals surface area (Å²) in [6.45, 7) is 2.80. The predicted octanol–water partition coefficient (Wildman–Crippen LogP) is 1.35. The summed E-state index contributed by atoms with van der Waals surface area (Å²) in [6, 6.07) is 0. The lowest BCUT2D eigenvalue weighted by Crippen LogP contribution is -2.34. The van der Waals surface area contributed by atoms with Crippen LogP contribution in [0, 0.1) is 5.92 Å². The van der Waals surface area contributed by atoms with Crippen molar-refractivity contribution < 1.29 is 9.53 Å². The van der Waals surface area contributed by atoms with Crippen LogP contribution in [-0.2, 0) is 16.6 Å². The fourth-order valence-corrected chi connectivity index (χ4v) is 2.25. The van der Waals surface area contributed by atoms with Crippen LogP contribution in [0.1, 0.15) is 32.6 Å². The Hall–Kier alpha value is -1.43. The van der Waals surface area contributed by atoms with Crippen molar-refractivity contribution in [2.24, 2.45) is 13.0 Å². The molecule has 2 atom stereocenters. The Morgan fingerprint density at radius 2 is 2.50 bits per heavy atom. The lowest BCUT2D eigenvalue weighted by Gasteiger charge is -2.28. The number of anilines is 1. The zero-order valence-electron chi connectivity index (χ0n) is 10.9. The average molecular weight is 252 g/mol. The number of ether oxygens (including phenoxy) is 1. The van der Waals surface area contributed by atoms with E-state index in [0.29, 0.717) is 12.6 Å². The lowest BCUT2D eigenvalue weighted by molar-refractivity contribution is -0.125. The third-order valence-corrected chi connectivity index (χ3v) is 3.30. The van der Waals surface area contributed by atoms with E-state index in [1.165, 1.54) is 0 Å². The van der Waals surface area contributed by atoms with Crippen LogP contribution in [0.5, 0.6) is 0 Å². The second-order valence-corrected chi connectivity index (χ2v) is 4.76. The molecule has 2 rings (SSSR count). The number of amides is 1. The molecule has 1 aromatic heterocycles. The molecular weight excluding hydrogens is 232 g/mol. The highest BCUT2D eigenvalue weighted by atomic mass is 16.5. The number of hydrogen-bond donors (Lipinski definition) is 1. The van der Waals surface area contributed by atoms with Crippen LogP contribution >= 0.6 is 0 Å². The molecule has 1 aliphatic heterocycles. The van der Waals surface area contributed by atoms with Gasteiger partial charge in [0.05, 0.1) is 6.10 Å². The molecule has 0 bridgehead atoms. The van der Waals surface area contributed by atoms with Gasteiger partial charge >= 0.3 is 0 Å². The SMILES string of the molecule is CCCC1CC(C(=O)Nc2nncn2C)CCO1. The standard InChI is InChI=1S/C12H20N4O2/c1-3-4-10-7-9(5-6-18-10)11(17)14-12-15-13-8-16(12)2/h8-10H,3-7H2,1-2H3,(H,14,15,17). The van der Waals surface area contributed by atoms with Crippen LogP contribution in [0.15, 0.2) is 6.33 Å². The quantitative estimate of drug-likeness (QED) is 0.878. The Bertz CT molecular complexity index is 403. The van der Waals surface area contributed by atoms with Gasteiger partial charge < -0.3 is 9.30 Å². The second kappa shape index (κ2) is 5.95. The molecule has 6 heteroatoms. The zero-order chi connectivity index (χ0) is 13.0. The number of aryl methyl sites for hydroxylation is 1. The van der Waals surface area contributed by atoms with E-state index in [1.807, 2.05) is 0 Å². The van der Waals surface area contributed by atoms with Crippen LogP contribution in [0.2, 0.25) is 0 Å². The predicted molar refractivity (Wildman–Crippen MR) is 67.0 cm³/mol. The summed E-state index contributed by atoms with van der Waals surface area (Å²) in [4.78, 5) is 12.1. The number of rotatable bonds is 4. The van der Waals surface area contributed by atoms with E-state index in [-0.39, 0.29) is 17.9 Å². The van der Waals surface area contributed by atoms with Crippen LogP contribution in [0.3, 0.4) is 0 Å². The van der Waals surface area contributed by atoms with Gasteiger partial charge in [0.15, 0.2) is 0 Å². The summed E-state index contributed by atoms with van der Waals surface area (Å²) in [5, 5.41) is 10.4. The zero-order valence-corrected chi connectivity index (χ0v) is 10.9. The van der Waals surface area contributed by atoms with Crippen molar-refractivity contribution in [2.75, 3.05) is 11.9 Å².